The molecule has 1 rings (SSSR count). The van der Waals surface area contributed by atoms with Crippen molar-refractivity contribution >= 4 is 17.7 Å². The Kier molecular flexibility index (Phi) is 2.42. The van der Waals surface area contributed by atoms with Crippen LogP contribution in [0.15, 0.2) is 0 Å². The summed E-state index contributed by atoms with van der Waals surface area (Å²) in [5.74, 6) is -0.918. The van der Waals surface area contributed by atoms with E-state index in [1.165, 1.54) is 11.8 Å². The average molecular weight is 171 g/mol. The molecular weight excluding hydrogens is 162 g/mol. The molecule has 0 aromatic carbocycles. The number of hydrogen-bond acceptors (Lipinski definition) is 4. The van der Waals surface area contributed by atoms with Crippen molar-refractivity contribution in [3.05, 3.63) is 0 Å². The van der Waals surface area contributed by atoms with Crippen molar-refractivity contribution in [1.82, 2.24) is 4.90 Å². The van der Waals surface area contributed by atoms with Gasteiger partial charge in [-0.3, -0.25) is 14.4 Å². The first kappa shape index (κ1) is 8.70. The number of amides is 1. The van der Waals surface area contributed by atoms with Crippen LogP contribution in [0.2, 0.25) is 0 Å². The van der Waals surface area contributed by atoms with Crippen LogP contribution in [0.4, 0.5) is 0 Å². The van der Waals surface area contributed by atoms with Crippen molar-refractivity contribution < 1.29 is 19.1 Å². The van der Waals surface area contributed by atoms with Gasteiger partial charge in [-0.25, -0.2) is 0 Å². The van der Waals surface area contributed by atoms with Crippen LogP contribution in [0.1, 0.15) is 6.92 Å². The summed E-state index contributed by atoms with van der Waals surface area (Å²) in [6, 6.07) is 0. The van der Waals surface area contributed by atoms with E-state index in [0.29, 0.717) is 0 Å². The zero-order chi connectivity index (χ0) is 9.14. The summed E-state index contributed by atoms with van der Waals surface area (Å²) in [6.45, 7) is 1.01. The second kappa shape index (κ2) is 3.34. The molecule has 1 heterocycles. The third-order valence-electron chi connectivity index (χ3n) is 1.44. The maximum absolute atomic E-state index is 11.0. The summed E-state index contributed by atoms with van der Waals surface area (Å²) in [4.78, 5) is 33.5. The second-order valence-corrected chi connectivity index (χ2v) is 2.61. The number of Topliss-reactive ketones (excluding diaryl/α,β-unsaturated/α-hetero) is 1. The lowest BCUT2D eigenvalue weighted by molar-refractivity contribution is -0.162. The molecule has 1 fully saturated rings. The fourth-order valence-electron chi connectivity index (χ4n) is 0.936. The predicted molar refractivity (Wildman–Crippen MR) is 38.2 cm³/mol. The zero-order valence-corrected chi connectivity index (χ0v) is 6.70. The first-order chi connectivity index (χ1) is 5.59. The molecule has 0 atom stereocenters. The van der Waals surface area contributed by atoms with E-state index in [9.17, 15) is 14.4 Å². The molecule has 0 spiro atoms. The molecule has 0 saturated carbocycles. The minimum absolute atomic E-state index is 0.00602. The smallest absolute Gasteiger partial charge is 0.326 e. The van der Waals surface area contributed by atoms with Gasteiger partial charge in [0, 0.05) is 0 Å². The fraction of sp³-hybridized carbons (Fsp3) is 0.571. The number of ether oxygens (including phenoxy) is 1. The number of morpholine rings is 1. The first-order valence-corrected chi connectivity index (χ1v) is 3.52. The summed E-state index contributed by atoms with van der Waals surface area (Å²) >= 11 is 0. The van der Waals surface area contributed by atoms with Gasteiger partial charge in [0.2, 0.25) is 0 Å². The van der Waals surface area contributed by atoms with Gasteiger partial charge in [0.25, 0.3) is 5.91 Å². The van der Waals surface area contributed by atoms with Gasteiger partial charge in [-0.05, 0) is 6.92 Å². The number of nitrogens with zero attached hydrogens (tertiary/aromatic N) is 1. The van der Waals surface area contributed by atoms with E-state index in [1.807, 2.05) is 0 Å². The van der Waals surface area contributed by atoms with Crippen LogP contribution in [-0.2, 0) is 19.1 Å². The molecule has 0 aromatic heterocycles. The van der Waals surface area contributed by atoms with E-state index < -0.39 is 5.97 Å². The number of ketones is 1. The molecule has 0 bridgehead atoms. The van der Waals surface area contributed by atoms with Crippen molar-refractivity contribution in [3.63, 3.8) is 0 Å². The highest BCUT2D eigenvalue weighted by molar-refractivity contribution is 5.91. The third-order valence-corrected chi connectivity index (χ3v) is 1.44. The Labute approximate surface area is 69.3 Å². The Bertz CT molecular complexity index is 234. The molecule has 1 aliphatic rings. The van der Waals surface area contributed by atoms with Gasteiger partial charge in [0.15, 0.2) is 6.61 Å². The van der Waals surface area contributed by atoms with E-state index in [1.54, 1.807) is 0 Å². The quantitative estimate of drug-likeness (QED) is 0.498. The summed E-state index contributed by atoms with van der Waals surface area (Å²) in [5, 5.41) is 0. The van der Waals surface area contributed by atoms with Gasteiger partial charge in [0.05, 0.1) is 6.54 Å². The predicted octanol–water partition coefficient (Wildman–Crippen LogP) is -1.04. The maximum atomic E-state index is 11.0. The van der Waals surface area contributed by atoms with Crippen LogP contribution < -0.4 is 0 Å². The molecule has 0 aliphatic carbocycles. The molecule has 0 aromatic rings. The van der Waals surface area contributed by atoms with Crippen LogP contribution in [0, 0.1) is 0 Å². The Hall–Kier alpha value is -1.39. The number of carbonyl (C=O) groups is 3. The summed E-state index contributed by atoms with van der Waals surface area (Å²) in [7, 11) is 0. The van der Waals surface area contributed by atoms with Crippen LogP contribution in [-0.4, -0.2) is 42.3 Å². The number of esters is 1. The molecule has 1 amide bonds. The van der Waals surface area contributed by atoms with Crippen LogP contribution in [0.5, 0.6) is 0 Å². The highest BCUT2D eigenvalue weighted by Gasteiger charge is 2.25. The number of carbonyl (C=O) groups excluding carboxylic acids is 3. The van der Waals surface area contributed by atoms with E-state index in [4.69, 9.17) is 0 Å². The van der Waals surface area contributed by atoms with Gasteiger partial charge in [-0.15, -0.1) is 0 Å². The molecule has 5 heteroatoms. The lowest BCUT2D eigenvalue weighted by atomic mass is 10.3. The number of rotatable bonds is 2. The van der Waals surface area contributed by atoms with Gasteiger partial charge >= 0.3 is 5.97 Å². The van der Waals surface area contributed by atoms with Gasteiger partial charge < -0.3 is 9.64 Å². The Morgan fingerprint density at radius 2 is 2.25 bits per heavy atom. The molecule has 66 valence electrons. The van der Waals surface area contributed by atoms with E-state index >= 15 is 0 Å². The number of cyclic esters (lactones) is 1. The molecule has 0 N–H and O–H groups in total. The molecule has 5 nitrogen and oxygen atoms in total. The minimum Gasteiger partial charge on any atom is -0.454 e. The van der Waals surface area contributed by atoms with Crippen molar-refractivity contribution in [2.75, 3.05) is 19.7 Å². The minimum atomic E-state index is -0.462. The topological polar surface area (TPSA) is 63.7 Å². The van der Waals surface area contributed by atoms with Gasteiger partial charge in [0.1, 0.15) is 12.3 Å². The average Bonchev–Trinajstić information content (AvgIpc) is 1.96. The van der Waals surface area contributed by atoms with E-state index in [0.717, 1.165) is 0 Å². The largest absolute Gasteiger partial charge is 0.454 e. The van der Waals surface area contributed by atoms with Crippen LogP contribution in [0.25, 0.3) is 0 Å². The molecule has 0 unspecified atom stereocenters. The van der Waals surface area contributed by atoms with Crippen molar-refractivity contribution in [1.29, 1.82) is 0 Å². The van der Waals surface area contributed by atoms with Gasteiger partial charge in [-0.1, -0.05) is 0 Å². The SMILES string of the molecule is CC(=O)CN1CC(=O)OCC1=O. The normalized spacial score (nSPS) is 17.6. The summed E-state index contributed by atoms with van der Waals surface area (Å²) in [6.07, 6.45) is 0. The molecule has 0 radical (unpaired) electrons. The van der Waals surface area contributed by atoms with Crippen molar-refractivity contribution in [2.24, 2.45) is 0 Å². The molecule has 1 saturated heterocycles. The standard InChI is InChI=1S/C7H9NO4/c1-5(9)2-8-3-7(11)12-4-6(8)10/h2-4H2,1H3. The molecular formula is C7H9NO4. The zero-order valence-electron chi connectivity index (χ0n) is 6.70. The Balaban J connectivity index is 2.55. The van der Waals surface area contributed by atoms with Crippen molar-refractivity contribution in [2.45, 2.75) is 6.92 Å². The van der Waals surface area contributed by atoms with Gasteiger partial charge in [-0.2, -0.15) is 0 Å². The monoisotopic (exact) mass is 171 g/mol. The molecule has 1 aliphatic heterocycles. The second-order valence-electron chi connectivity index (χ2n) is 2.61. The Morgan fingerprint density at radius 1 is 1.58 bits per heavy atom. The lowest BCUT2D eigenvalue weighted by Gasteiger charge is -2.24. The molecule has 12 heavy (non-hydrogen) atoms. The summed E-state index contributed by atoms with van der Waals surface area (Å²) in [5.41, 5.74) is 0. The van der Waals surface area contributed by atoms with Crippen LogP contribution in [0.3, 0.4) is 0 Å². The van der Waals surface area contributed by atoms with E-state index in [-0.39, 0.29) is 31.4 Å². The van der Waals surface area contributed by atoms with Crippen LogP contribution >= 0.6 is 0 Å². The Morgan fingerprint density at radius 3 is 2.83 bits per heavy atom. The highest BCUT2D eigenvalue weighted by Crippen LogP contribution is 1.99. The fourth-order valence-corrected chi connectivity index (χ4v) is 0.936. The van der Waals surface area contributed by atoms with E-state index in [2.05, 4.69) is 4.74 Å². The first-order valence-electron chi connectivity index (χ1n) is 3.52. The van der Waals surface area contributed by atoms with Crippen molar-refractivity contribution in [3.8, 4) is 0 Å². The highest BCUT2D eigenvalue weighted by atomic mass is 16.5. The number of hydrogen-bond donors (Lipinski definition) is 0. The third kappa shape index (κ3) is 2.05. The summed E-state index contributed by atoms with van der Waals surface area (Å²) < 4.78 is 4.46. The lowest BCUT2D eigenvalue weighted by Crippen LogP contribution is -2.46. The maximum Gasteiger partial charge on any atom is 0.326 e.